The van der Waals surface area contributed by atoms with Crippen molar-refractivity contribution in [3.05, 3.63) is 58.9 Å². The maximum atomic E-state index is 14.2. The number of para-hydroxylation sites is 1. The van der Waals surface area contributed by atoms with E-state index in [4.69, 9.17) is 23.2 Å². The highest BCUT2D eigenvalue weighted by molar-refractivity contribution is 6.30. The third kappa shape index (κ3) is 1.96. The van der Waals surface area contributed by atoms with Gasteiger partial charge in [-0.25, -0.2) is 13.8 Å². The van der Waals surface area contributed by atoms with Gasteiger partial charge in [0.1, 0.15) is 11.3 Å². The van der Waals surface area contributed by atoms with E-state index in [9.17, 15) is 8.78 Å². The van der Waals surface area contributed by atoms with Crippen LogP contribution in [0.4, 0.5) is 8.78 Å². The first kappa shape index (κ1) is 13.3. The van der Waals surface area contributed by atoms with Crippen LogP contribution in [0.25, 0.3) is 16.7 Å². The van der Waals surface area contributed by atoms with Gasteiger partial charge in [-0.3, -0.25) is 4.57 Å². The average molecular weight is 313 g/mol. The molecule has 1 aromatic heterocycles. The lowest BCUT2D eigenvalue weighted by Crippen LogP contribution is -2.02. The lowest BCUT2D eigenvalue weighted by Gasteiger charge is -2.09. The molecular formula is C14H8Cl2F2N2. The molecule has 2 aromatic carbocycles. The van der Waals surface area contributed by atoms with Gasteiger partial charge in [0.25, 0.3) is 0 Å². The van der Waals surface area contributed by atoms with Crippen molar-refractivity contribution >= 4 is 34.2 Å². The van der Waals surface area contributed by atoms with Gasteiger partial charge in [-0.2, -0.15) is 0 Å². The molecule has 0 unspecified atom stereocenters. The summed E-state index contributed by atoms with van der Waals surface area (Å²) in [6.07, 6.45) is 0. The summed E-state index contributed by atoms with van der Waals surface area (Å²) >= 11 is 11.6. The molecule has 0 saturated carbocycles. The second-order valence-corrected chi connectivity index (χ2v) is 4.85. The standard InChI is InChI=1S/C14H8Cl2F2N2/c15-7-12-19-14-9(17)4-2-6-11(14)20(12)10-5-1-3-8(16)13(10)18/h1-6H,7H2. The topological polar surface area (TPSA) is 17.8 Å². The Morgan fingerprint density at radius 3 is 2.60 bits per heavy atom. The minimum Gasteiger partial charge on any atom is -0.292 e. The maximum absolute atomic E-state index is 14.2. The highest BCUT2D eigenvalue weighted by atomic mass is 35.5. The number of rotatable bonds is 2. The van der Waals surface area contributed by atoms with E-state index in [2.05, 4.69) is 4.98 Å². The molecule has 20 heavy (non-hydrogen) atoms. The second kappa shape index (κ2) is 5.04. The molecule has 0 bridgehead atoms. The number of halogens is 4. The van der Waals surface area contributed by atoms with Crippen LogP contribution in [-0.2, 0) is 5.88 Å². The van der Waals surface area contributed by atoms with E-state index in [1.807, 2.05) is 0 Å². The molecule has 0 saturated heterocycles. The van der Waals surface area contributed by atoms with Crippen molar-refractivity contribution in [3.8, 4) is 5.69 Å². The van der Waals surface area contributed by atoms with Crippen LogP contribution in [-0.4, -0.2) is 9.55 Å². The SMILES string of the molecule is Fc1c(Cl)cccc1-n1c(CCl)nc2c(F)cccc21. The summed E-state index contributed by atoms with van der Waals surface area (Å²) in [5.74, 6) is -0.688. The summed E-state index contributed by atoms with van der Waals surface area (Å²) in [5.41, 5.74) is 0.797. The quantitative estimate of drug-likeness (QED) is 0.627. The van der Waals surface area contributed by atoms with Crippen molar-refractivity contribution in [2.24, 2.45) is 0 Å². The number of nitrogens with zero attached hydrogens (tertiary/aromatic N) is 2. The monoisotopic (exact) mass is 312 g/mol. The second-order valence-electron chi connectivity index (χ2n) is 4.18. The van der Waals surface area contributed by atoms with Crippen molar-refractivity contribution in [2.45, 2.75) is 5.88 Å². The molecule has 0 radical (unpaired) electrons. The molecule has 0 fully saturated rings. The molecule has 0 spiro atoms. The van der Waals surface area contributed by atoms with Crippen molar-refractivity contribution in [1.29, 1.82) is 0 Å². The fraction of sp³-hybridized carbons (Fsp3) is 0.0714. The van der Waals surface area contributed by atoms with Gasteiger partial charge in [0, 0.05) is 0 Å². The van der Waals surface area contributed by atoms with Gasteiger partial charge in [-0.1, -0.05) is 23.7 Å². The highest BCUT2D eigenvalue weighted by Crippen LogP contribution is 2.28. The van der Waals surface area contributed by atoms with Crippen LogP contribution in [0.5, 0.6) is 0 Å². The number of hydrogen-bond donors (Lipinski definition) is 0. The predicted molar refractivity (Wildman–Crippen MR) is 75.6 cm³/mol. The van der Waals surface area contributed by atoms with Gasteiger partial charge in [-0.05, 0) is 24.3 Å². The van der Waals surface area contributed by atoms with Crippen molar-refractivity contribution in [3.63, 3.8) is 0 Å². The van der Waals surface area contributed by atoms with Crippen LogP contribution in [0.2, 0.25) is 5.02 Å². The molecule has 0 N–H and O–H groups in total. The van der Waals surface area contributed by atoms with Gasteiger partial charge in [0.15, 0.2) is 11.6 Å². The van der Waals surface area contributed by atoms with Crippen molar-refractivity contribution in [2.75, 3.05) is 0 Å². The van der Waals surface area contributed by atoms with Gasteiger partial charge in [-0.15, -0.1) is 11.6 Å². The van der Waals surface area contributed by atoms with E-state index in [1.54, 1.807) is 18.2 Å². The summed E-state index contributed by atoms with van der Waals surface area (Å²) in [4.78, 5) is 4.12. The largest absolute Gasteiger partial charge is 0.292 e. The Kier molecular flexibility index (Phi) is 3.36. The first-order valence-electron chi connectivity index (χ1n) is 5.79. The van der Waals surface area contributed by atoms with Crippen molar-refractivity contribution in [1.82, 2.24) is 9.55 Å². The Morgan fingerprint density at radius 2 is 1.85 bits per heavy atom. The minimum absolute atomic E-state index is 0.0127. The first-order chi connectivity index (χ1) is 9.63. The smallest absolute Gasteiger partial charge is 0.165 e. The fourth-order valence-corrected chi connectivity index (χ4v) is 2.49. The Morgan fingerprint density at radius 1 is 1.10 bits per heavy atom. The molecule has 3 rings (SSSR count). The summed E-state index contributed by atoms with van der Waals surface area (Å²) < 4.78 is 29.4. The van der Waals surface area contributed by atoms with E-state index in [1.165, 1.54) is 22.8 Å². The number of alkyl halides is 1. The zero-order valence-corrected chi connectivity index (χ0v) is 11.6. The lowest BCUT2D eigenvalue weighted by molar-refractivity contribution is 0.618. The van der Waals surface area contributed by atoms with Crippen LogP contribution in [0.1, 0.15) is 5.82 Å². The normalized spacial score (nSPS) is 11.2. The molecule has 0 aliphatic carbocycles. The zero-order valence-electron chi connectivity index (χ0n) is 10.1. The number of benzene rings is 2. The van der Waals surface area contributed by atoms with Crippen LogP contribution >= 0.6 is 23.2 Å². The van der Waals surface area contributed by atoms with Gasteiger partial charge in [0.05, 0.1) is 22.1 Å². The van der Waals surface area contributed by atoms with Crippen LogP contribution in [0, 0.1) is 11.6 Å². The zero-order chi connectivity index (χ0) is 14.3. The number of aromatic nitrogens is 2. The molecule has 2 nitrogen and oxygen atoms in total. The number of imidazole rings is 1. The molecule has 3 aromatic rings. The summed E-state index contributed by atoms with van der Waals surface area (Å²) in [7, 11) is 0. The Bertz CT molecular complexity index is 799. The predicted octanol–water partition coefficient (Wildman–Crippen LogP) is 4.70. The van der Waals surface area contributed by atoms with E-state index in [-0.39, 0.29) is 22.1 Å². The van der Waals surface area contributed by atoms with Crippen LogP contribution < -0.4 is 0 Å². The molecular weight excluding hydrogens is 305 g/mol. The Hall–Kier alpha value is -1.65. The van der Waals surface area contributed by atoms with E-state index < -0.39 is 11.6 Å². The van der Waals surface area contributed by atoms with Crippen LogP contribution in [0.15, 0.2) is 36.4 Å². The van der Waals surface area contributed by atoms with E-state index >= 15 is 0 Å². The molecule has 1 heterocycles. The van der Waals surface area contributed by atoms with Crippen LogP contribution in [0.3, 0.4) is 0 Å². The summed E-state index contributed by atoms with van der Waals surface area (Å²) in [6, 6.07) is 9.10. The Balaban J connectivity index is 2.41. The van der Waals surface area contributed by atoms with E-state index in [0.29, 0.717) is 11.3 Å². The van der Waals surface area contributed by atoms with Gasteiger partial charge < -0.3 is 0 Å². The summed E-state index contributed by atoms with van der Waals surface area (Å²) in [6.45, 7) is 0. The van der Waals surface area contributed by atoms with Gasteiger partial charge in [0.2, 0.25) is 0 Å². The molecule has 102 valence electrons. The third-order valence-corrected chi connectivity index (χ3v) is 3.53. The minimum atomic E-state index is -0.593. The number of fused-ring (bicyclic) bond motifs is 1. The molecule has 0 amide bonds. The van der Waals surface area contributed by atoms with E-state index in [0.717, 1.165) is 0 Å². The third-order valence-electron chi connectivity index (χ3n) is 3.00. The molecule has 0 aliphatic rings. The fourth-order valence-electron chi connectivity index (χ4n) is 2.14. The maximum Gasteiger partial charge on any atom is 0.165 e. The van der Waals surface area contributed by atoms with Crippen molar-refractivity contribution < 1.29 is 8.78 Å². The molecule has 6 heteroatoms. The highest BCUT2D eigenvalue weighted by Gasteiger charge is 2.17. The van der Waals surface area contributed by atoms with Gasteiger partial charge >= 0.3 is 0 Å². The first-order valence-corrected chi connectivity index (χ1v) is 6.71. The number of hydrogen-bond acceptors (Lipinski definition) is 1. The summed E-state index contributed by atoms with van der Waals surface area (Å²) in [5, 5.41) is -0.0127. The molecule has 0 atom stereocenters. The lowest BCUT2D eigenvalue weighted by atomic mass is 10.2. The average Bonchev–Trinajstić information content (AvgIpc) is 2.82. The molecule has 0 aliphatic heterocycles. The Labute approximate surface area is 123 Å².